The van der Waals surface area contributed by atoms with Gasteiger partial charge in [0.1, 0.15) is 11.4 Å². The molecule has 5 heteroatoms. The summed E-state index contributed by atoms with van der Waals surface area (Å²) in [5.41, 5.74) is 2.74. The summed E-state index contributed by atoms with van der Waals surface area (Å²) in [5.74, 6) is 0.348. The molecule has 1 aliphatic rings. The lowest BCUT2D eigenvalue weighted by Crippen LogP contribution is -2.48. The van der Waals surface area contributed by atoms with Crippen molar-refractivity contribution in [1.29, 1.82) is 0 Å². The third-order valence-electron chi connectivity index (χ3n) is 4.32. The molecular weight excluding hydrogens is 304 g/mol. The molecule has 1 heterocycles. The van der Waals surface area contributed by atoms with Crippen LogP contribution in [0.1, 0.15) is 50.3 Å². The highest BCUT2D eigenvalue weighted by Gasteiger charge is 2.24. The van der Waals surface area contributed by atoms with Crippen LogP contribution in [0.15, 0.2) is 12.1 Å². The maximum Gasteiger partial charge on any atom is 0.407 e. The fraction of sp³-hybridized carbons (Fsp3) is 0.632. The van der Waals surface area contributed by atoms with Gasteiger partial charge in [-0.15, -0.1) is 0 Å². The van der Waals surface area contributed by atoms with Crippen molar-refractivity contribution in [1.82, 2.24) is 10.2 Å². The first-order valence-electron chi connectivity index (χ1n) is 8.65. The number of aryl methyl sites for hydroxylation is 2. The molecule has 2 rings (SSSR count). The molecule has 0 saturated carbocycles. The number of ether oxygens (including phenoxy) is 1. The molecule has 0 aromatic heterocycles. The Kier molecular flexibility index (Phi) is 5.75. The van der Waals surface area contributed by atoms with Crippen molar-refractivity contribution in [3.8, 4) is 5.75 Å². The van der Waals surface area contributed by atoms with E-state index >= 15 is 0 Å². The number of aromatic hydroxyl groups is 1. The van der Waals surface area contributed by atoms with Gasteiger partial charge in [-0.2, -0.15) is 0 Å². The third-order valence-corrected chi connectivity index (χ3v) is 4.32. The van der Waals surface area contributed by atoms with Crippen molar-refractivity contribution >= 4 is 6.09 Å². The van der Waals surface area contributed by atoms with E-state index < -0.39 is 5.60 Å². The Bertz CT molecular complexity index is 593. The van der Waals surface area contributed by atoms with E-state index in [9.17, 15) is 9.90 Å². The zero-order valence-electron chi connectivity index (χ0n) is 15.5. The first kappa shape index (κ1) is 18.6. The minimum atomic E-state index is -0.482. The van der Waals surface area contributed by atoms with Crippen molar-refractivity contribution < 1.29 is 14.6 Å². The van der Waals surface area contributed by atoms with Gasteiger partial charge in [0.2, 0.25) is 0 Å². The molecule has 24 heavy (non-hydrogen) atoms. The lowest BCUT2D eigenvalue weighted by molar-refractivity contribution is 0.0470. The summed E-state index contributed by atoms with van der Waals surface area (Å²) in [6.45, 7) is 12.1. The van der Waals surface area contributed by atoms with E-state index in [0.717, 1.165) is 37.1 Å². The number of benzene rings is 1. The SMILES string of the molecule is Cc1cc(O)c(CN2CCC[C@@H](NC(=O)OC(C)(C)C)C2)cc1C. The third kappa shape index (κ3) is 5.41. The largest absolute Gasteiger partial charge is 0.508 e. The number of nitrogens with one attached hydrogen (secondary N) is 1. The lowest BCUT2D eigenvalue weighted by Gasteiger charge is -2.33. The number of phenolic OH excluding ortho intramolecular Hbond substituents is 1. The molecule has 1 atom stereocenters. The molecule has 1 aromatic carbocycles. The lowest BCUT2D eigenvalue weighted by atomic mass is 10.0. The Labute approximate surface area is 145 Å². The van der Waals surface area contributed by atoms with Gasteiger partial charge < -0.3 is 15.2 Å². The molecule has 0 unspecified atom stereocenters. The topological polar surface area (TPSA) is 61.8 Å². The van der Waals surface area contributed by atoms with Crippen LogP contribution in [0.2, 0.25) is 0 Å². The molecule has 5 nitrogen and oxygen atoms in total. The number of alkyl carbamates (subject to hydrolysis) is 1. The van der Waals surface area contributed by atoms with Gasteiger partial charge in [-0.3, -0.25) is 4.90 Å². The molecular formula is C19H30N2O3. The molecule has 1 saturated heterocycles. The number of carbonyl (C=O) groups is 1. The summed E-state index contributed by atoms with van der Waals surface area (Å²) < 4.78 is 5.33. The zero-order valence-corrected chi connectivity index (χ0v) is 15.5. The zero-order chi connectivity index (χ0) is 17.9. The van der Waals surface area contributed by atoms with Gasteiger partial charge >= 0.3 is 6.09 Å². The summed E-state index contributed by atoms with van der Waals surface area (Å²) in [5, 5.41) is 13.1. The van der Waals surface area contributed by atoms with Crippen molar-refractivity contribution in [2.24, 2.45) is 0 Å². The number of carbonyl (C=O) groups excluding carboxylic acids is 1. The summed E-state index contributed by atoms with van der Waals surface area (Å²) in [6, 6.07) is 3.96. The fourth-order valence-corrected chi connectivity index (χ4v) is 3.02. The second-order valence-corrected chi connectivity index (χ2v) is 7.79. The van der Waals surface area contributed by atoms with Gasteiger partial charge in [0.05, 0.1) is 0 Å². The van der Waals surface area contributed by atoms with Crippen LogP contribution < -0.4 is 5.32 Å². The van der Waals surface area contributed by atoms with E-state index in [0.29, 0.717) is 12.3 Å². The smallest absolute Gasteiger partial charge is 0.407 e. The van der Waals surface area contributed by atoms with Gasteiger partial charge in [0.25, 0.3) is 0 Å². The van der Waals surface area contributed by atoms with E-state index in [1.165, 1.54) is 5.56 Å². The molecule has 1 amide bonds. The molecule has 0 bridgehead atoms. The molecule has 134 valence electrons. The van der Waals surface area contributed by atoms with E-state index in [1.54, 1.807) is 0 Å². The maximum atomic E-state index is 11.9. The van der Waals surface area contributed by atoms with Crippen LogP contribution >= 0.6 is 0 Å². The average Bonchev–Trinajstić information content (AvgIpc) is 2.43. The highest BCUT2D eigenvalue weighted by molar-refractivity contribution is 5.68. The number of rotatable bonds is 3. The van der Waals surface area contributed by atoms with Gasteiger partial charge in [-0.05, 0) is 71.2 Å². The number of nitrogens with zero attached hydrogens (tertiary/aromatic N) is 1. The van der Waals surface area contributed by atoms with Gasteiger partial charge in [0.15, 0.2) is 0 Å². The van der Waals surface area contributed by atoms with Gasteiger partial charge in [-0.1, -0.05) is 6.07 Å². The highest BCUT2D eigenvalue weighted by Crippen LogP contribution is 2.24. The Hall–Kier alpha value is -1.75. The van der Waals surface area contributed by atoms with Crippen molar-refractivity contribution in [2.75, 3.05) is 13.1 Å². The van der Waals surface area contributed by atoms with E-state index in [2.05, 4.69) is 23.2 Å². The highest BCUT2D eigenvalue weighted by atomic mass is 16.6. The quantitative estimate of drug-likeness (QED) is 0.888. The monoisotopic (exact) mass is 334 g/mol. The van der Waals surface area contributed by atoms with Crippen LogP contribution in [0.3, 0.4) is 0 Å². The van der Waals surface area contributed by atoms with Crippen molar-refractivity contribution in [3.63, 3.8) is 0 Å². The summed E-state index contributed by atoms with van der Waals surface area (Å²) in [6.07, 6.45) is 1.61. The van der Waals surface area contributed by atoms with Crippen LogP contribution in [-0.2, 0) is 11.3 Å². The Morgan fingerprint density at radius 2 is 2.00 bits per heavy atom. The van der Waals surface area contributed by atoms with Gasteiger partial charge in [0, 0.05) is 24.7 Å². The number of amides is 1. The van der Waals surface area contributed by atoms with Crippen LogP contribution in [-0.4, -0.2) is 40.8 Å². The number of phenols is 1. The fourth-order valence-electron chi connectivity index (χ4n) is 3.02. The molecule has 0 aliphatic carbocycles. The summed E-state index contributed by atoms with van der Waals surface area (Å²) in [4.78, 5) is 14.2. The van der Waals surface area contributed by atoms with E-state index in [1.807, 2.05) is 33.8 Å². The first-order valence-corrected chi connectivity index (χ1v) is 8.65. The van der Waals surface area contributed by atoms with Crippen molar-refractivity contribution in [3.05, 3.63) is 28.8 Å². The minimum Gasteiger partial charge on any atom is -0.508 e. The molecule has 1 fully saturated rings. The number of hydrogen-bond donors (Lipinski definition) is 2. The predicted molar refractivity (Wildman–Crippen MR) is 95.2 cm³/mol. The molecule has 0 spiro atoms. The molecule has 0 radical (unpaired) electrons. The summed E-state index contributed by atoms with van der Waals surface area (Å²) >= 11 is 0. The van der Waals surface area contributed by atoms with Crippen LogP contribution in [0, 0.1) is 13.8 Å². The molecule has 1 aliphatic heterocycles. The van der Waals surface area contributed by atoms with Crippen molar-refractivity contribution in [2.45, 2.75) is 65.6 Å². The second-order valence-electron chi connectivity index (χ2n) is 7.79. The van der Waals surface area contributed by atoms with Crippen LogP contribution in [0.5, 0.6) is 5.75 Å². The van der Waals surface area contributed by atoms with Crippen LogP contribution in [0.25, 0.3) is 0 Å². The number of hydrogen-bond acceptors (Lipinski definition) is 4. The normalized spacial score (nSPS) is 19.1. The second kappa shape index (κ2) is 7.43. The summed E-state index contributed by atoms with van der Waals surface area (Å²) in [7, 11) is 0. The Morgan fingerprint density at radius 3 is 2.67 bits per heavy atom. The number of piperidine rings is 1. The number of likely N-dealkylation sites (tertiary alicyclic amines) is 1. The first-order chi connectivity index (χ1) is 11.1. The van der Waals surface area contributed by atoms with Crippen LogP contribution in [0.4, 0.5) is 4.79 Å². The molecule has 1 aromatic rings. The Balaban J connectivity index is 1.94. The maximum absolute atomic E-state index is 11.9. The van der Waals surface area contributed by atoms with E-state index in [-0.39, 0.29) is 12.1 Å². The average molecular weight is 334 g/mol. The Morgan fingerprint density at radius 1 is 1.33 bits per heavy atom. The standard InChI is InChI=1S/C19H30N2O3/c1-13-9-15(17(22)10-14(13)2)11-21-8-6-7-16(12-21)20-18(23)24-19(3,4)5/h9-10,16,22H,6-8,11-12H2,1-5H3,(H,20,23)/t16-/m1/s1. The predicted octanol–water partition coefficient (Wildman–Crippen LogP) is 3.50. The minimum absolute atomic E-state index is 0.0855. The molecule has 2 N–H and O–H groups in total. The van der Waals surface area contributed by atoms with E-state index in [4.69, 9.17) is 4.74 Å². The van der Waals surface area contributed by atoms with Gasteiger partial charge in [-0.25, -0.2) is 4.79 Å².